The maximum Gasteiger partial charge on any atom is 0.521 e. The summed E-state index contributed by atoms with van der Waals surface area (Å²) in [5.41, 5.74) is -6.22. The van der Waals surface area contributed by atoms with E-state index < -0.39 is 59.7 Å². The van der Waals surface area contributed by atoms with Crippen LogP contribution >= 0.6 is 0 Å². The first-order chi connectivity index (χ1) is 17.8. The average Bonchev–Trinajstić information content (AvgIpc) is 2.83. The standard InChI is InChI=1S/C19H14F8N2O8S2/c1-34-13-7-3-11(4-8-13)15(17(20,21)22)28-36-38(30,31)19(26,27)39(32,33)37-29-16(18(23,24)25)12-5-9-14(35-2)10-6-12/h3-10H,1-2H3. The minimum atomic E-state index is -6.98. The Kier molecular flexibility index (Phi) is 9.06. The number of oxime groups is 2. The number of alkyl halides is 8. The normalized spacial score (nSPS) is 14.1. The number of halogens is 8. The molecule has 0 amide bonds. The van der Waals surface area contributed by atoms with Crippen LogP contribution in [0.15, 0.2) is 58.8 Å². The molecule has 0 saturated carbocycles. The number of hydrogen-bond acceptors (Lipinski definition) is 10. The molecule has 0 heterocycles. The molecule has 0 aliphatic heterocycles. The van der Waals surface area contributed by atoms with Gasteiger partial charge in [-0.2, -0.15) is 52.0 Å². The Bertz CT molecular complexity index is 1330. The van der Waals surface area contributed by atoms with Crippen molar-refractivity contribution in [3.63, 3.8) is 0 Å². The SMILES string of the molecule is COc1ccc(C(=NOS(=O)(=O)C(F)(F)S(=O)(=O)ON=C(c2ccc(OC)cc2)C(F)(F)F)C(F)(F)F)cc1. The van der Waals surface area contributed by atoms with E-state index in [-0.39, 0.29) is 11.5 Å². The summed E-state index contributed by atoms with van der Waals surface area (Å²) in [5.74, 6) is 0.0778. The molecule has 0 unspecified atom stereocenters. The second-order valence-corrected chi connectivity index (χ2v) is 10.3. The molecule has 0 atom stereocenters. The van der Waals surface area contributed by atoms with Crippen LogP contribution in [0.1, 0.15) is 11.1 Å². The van der Waals surface area contributed by atoms with Gasteiger partial charge in [0.25, 0.3) is 0 Å². The summed E-state index contributed by atoms with van der Waals surface area (Å²) >= 11 is 0. The highest BCUT2D eigenvalue weighted by Gasteiger charge is 2.63. The summed E-state index contributed by atoms with van der Waals surface area (Å²) < 4.78 is 166. The lowest BCUT2D eigenvalue weighted by molar-refractivity contribution is -0.0606. The number of hydrogen-bond donors (Lipinski definition) is 0. The van der Waals surface area contributed by atoms with Crippen LogP contribution in [0.3, 0.4) is 0 Å². The minimum absolute atomic E-state index is 0.0389. The van der Waals surface area contributed by atoms with Gasteiger partial charge in [-0.3, -0.25) is 8.57 Å². The van der Waals surface area contributed by atoms with Gasteiger partial charge in [-0.05, 0) is 48.5 Å². The number of rotatable bonds is 10. The maximum atomic E-state index is 14.3. The second kappa shape index (κ2) is 11.2. The zero-order valence-corrected chi connectivity index (χ0v) is 20.8. The van der Waals surface area contributed by atoms with Crippen LogP contribution in [0.2, 0.25) is 0 Å². The van der Waals surface area contributed by atoms with Crippen molar-refractivity contribution in [1.82, 2.24) is 0 Å². The first-order valence-corrected chi connectivity index (χ1v) is 12.4. The average molecular weight is 614 g/mol. The molecule has 216 valence electrons. The maximum absolute atomic E-state index is 14.3. The van der Waals surface area contributed by atoms with Gasteiger partial charge in [0.1, 0.15) is 11.5 Å². The Morgan fingerprint density at radius 1 is 0.590 bits per heavy atom. The third-order valence-corrected chi connectivity index (χ3v) is 7.23. The fourth-order valence-electron chi connectivity index (χ4n) is 2.42. The van der Waals surface area contributed by atoms with Gasteiger partial charge >= 0.3 is 37.2 Å². The zero-order chi connectivity index (χ0) is 29.9. The molecule has 0 fully saturated rings. The molecule has 0 spiro atoms. The molecule has 0 saturated heterocycles. The van der Waals surface area contributed by atoms with Crippen LogP contribution in [-0.4, -0.2) is 59.4 Å². The van der Waals surface area contributed by atoms with E-state index in [0.717, 1.165) is 38.5 Å². The summed E-state index contributed by atoms with van der Waals surface area (Å²) in [6.07, 6.45) is -11.0. The molecule has 10 nitrogen and oxygen atoms in total. The van der Waals surface area contributed by atoms with Gasteiger partial charge in [-0.1, -0.05) is 10.3 Å². The van der Waals surface area contributed by atoms with Gasteiger partial charge in [-0.15, -0.1) is 0 Å². The fourth-order valence-corrected chi connectivity index (χ4v) is 4.12. The Balaban J connectivity index is 2.44. The van der Waals surface area contributed by atoms with Gasteiger partial charge in [0.05, 0.1) is 14.2 Å². The van der Waals surface area contributed by atoms with Crippen LogP contribution in [0.25, 0.3) is 0 Å². The van der Waals surface area contributed by atoms with Crippen molar-refractivity contribution in [1.29, 1.82) is 0 Å². The molecule has 0 aromatic heterocycles. The van der Waals surface area contributed by atoms with E-state index >= 15 is 0 Å². The third-order valence-electron chi connectivity index (χ3n) is 4.30. The zero-order valence-electron chi connectivity index (χ0n) is 19.1. The molecular weight excluding hydrogens is 600 g/mol. The largest absolute Gasteiger partial charge is 0.521 e. The van der Waals surface area contributed by atoms with Crippen molar-refractivity contribution < 1.29 is 70.0 Å². The van der Waals surface area contributed by atoms with E-state index in [1.165, 1.54) is 0 Å². The van der Waals surface area contributed by atoms with Crippen molar-refractivity contribution in [2.75, 3.05) is 14.2 Å². The van der Waals surface area contributed by atoms with Crippen LogP contribution < -0.4 is 9.47 Å². The molecule has 0 bridgehead atoms. The third kappa shape index (κ3) is 7.25. The van der Waals surface area contributed by atoms with Gasteiger partial charge < -0.3 is 9.47 Å². The molecule has 20 heteroatoms. The summed E-state index contributed by atoms with van der Waals surface area (Å²) in [6.45, 7) is 0. The molecular formula is C19H14F8N2O8S2. The lowest BCUT2D eigenvalue weighted by Crippen LogP contribution is -2.39. The Hall–Kier alpha value is -3.68. The molecule has 2 rings (SSSR count). The molecule has 0 radical (unpaired) electrons. The van der Waals surface area contributed by atoms with Crippen LogP contribution in [0, 0.1) is 0 Å². The van der Waals surface area contributed by atoms with Gasteiger partial charge in [0, 0.05) is 11.1 Å². The number of nitrogens with zero attached hydrogens (tertiary/aromatic N) is 2. The molecule has 39 heavy (non-hydrogen) atoms. The number of benzene rings is 2. The quantitative estimate of drug-likeness (QED) is 0.222. The Morgan fingerprint density at radius 2 is 0.872 bits per heavy atom. The van der Waals surface area contributed by atoms with Crippen LogP contribution in [0.5, 0.6) is 11.5 Å². The number of ether oxygens (including phenoxy) is 2. The van der Waals surface area contributed by atoms with E-state index in [1.807, 2.05) is 0 Å². The molecule has 2 aromatic carbocycles. The topological polar surface area (TPSA) is 130 Å². The van der Waals surface area contributed by atoms with E-state index in [2.05, 4.69) is 18.9 Å². The summed E-state index contributed by atoms with van der Waals surface area (Å²) in [6, 6.07) is 6.57. The lowest BCUT2D eigenvalue weighted by atomic mass is 10.1. The van der Waals surface area contributed by atoms with Gasteiger partial charge in [-0.25, -0.2) is 0 Å². The van der Waals surface area contributed by atoms with Crippen molar-refractivity contribution in [3.8, 4) is 11.5 Å². The van der Waals surface area contributed by atoms with Crippen molar-refractivity contribution in [2.24, 2.45) is 10.3 Å². The minimum Gasteiger partial charge on any atom is -0.497 e. The van der Waals surface area contributed by atoms with Crippen molar-refractivity contribution in [3.05, 3.63) is 59.7 Å². The predicted molar refractivity (Wildman–Crippen MR) is 116 cm³/mol. The monoisotopic (exact) mass is 614 g/mol. The smallest absolute Gasteiger partial charge is 0.497 e. The first-order valence-electron chi connectivity index (χ1n) is 9.60. The summed E-state index contributed by atoms with van der Waals surface area (Å²) in [5, 5.41) is 4.21. The molecule has 2 aromatic rings. The highest BCUT2D eigenvalue weighted by molar-refractivity contribution is 8.05. The summed E-state index contributed by atoms with van der Waals surface area (Å²) in [7, 11) is -11.6. The van der Waals surface area contributed by atoms with E-state index in [9.17, 15) is 52.0 Å². The van der Waals surface area contributed by atoms with E-state index in [0.29, 0.717) is 24.3 Å². The van der Waals surface area contributed by atoms with Crippen molar-refractivity contribution >= 4 is 31.7 Å². The molecule has 0 aliphatic carbocycles. The van der Waals surface area contributed by atoms with Gasteiger partial charge in [0.15, 0.2) is 11.4 Å². The van der Waals surface area contributed by atoms with E-state index in [4.69, 9.17) is 9.47 Å². The molecule has 0 aliphatic rings. The highest BCUT2D eigenvalue weighted by Crippen LogP contribution is 2.34. The van der Waals surface area contributed by atoms with Crippen LogP contribution in [0.4, 0.5) is 35.1 Å². The fraction of sp³-hybridized carbons (Fsp3) is 0.263. The second-order valence-electron chi connectivity index (χ2n) is 6.85. The highest BCUT2D eigenvalue weighted by atomic mass is 32.3. The predicted octanol–water partition coefficient (Wildman–Crippen LogP) is 4.18. The molecule has 0 N–H and O–H groups in total. The van der Waals surface area contributed by atoms with Crippen LogP contribution in [-0.2, 0) is 28.8 Å². The Morgan fingerprint density at radius 3 is 1.10 bits per heavy atom. The lowest BCUT2D eigenvalue weighted by Gasteiger charge is -2.15. The summed E-state index contributed by atoms with van der Waals surface area (Å²) in [4.78, 5) is 0. The van der Waals surface area contributed by atoms with E-state index in [1.54, 1.807) is 0 Å². The first kappa shape index (κ1) is 31.5. The van der Waals surface area contributed by atoms with Crippen molar-refractivity contribution in [2.45, 2.75) is 16.9 Å². The Labute approximate surface area is 214 Å². The number of methoxy groups -OCH3 is 2. The van der Waals surface area contributed by atoms with Gasteiger partial charge in [0.2, 0.25) is 0 Å².